The van der Waals surface area contributed by atoms with Gasteiger partial charge in [-0.15, -0.1) is 0 Å². The smallest absolute Gasteiger partial charge is 0.440 e. The fraction of sp³-hybridized carbons (Fsp3) is 0.379. The summed E-state index contributed by atoms with van der Waals surface area (Å²) in [7, 11) is 0. The molecular weight excluding hydrogens is 601 g/mol. The summed E-state index contributed by atoms with van der Waals surface area (Å²) < 4.78 is 51.9. The minimum atomic E-state index is -4.74. The summed E-state index contributed by atoms with van der Waals surface area (Å²) in [6.07, 6.45) is -2.80. The highest BCUT2D eigenvalue weighted by Crippen LogP contribution is 2.33. The van der Waals surface area contributed by atoms with E-state index < -0.39 is 45.8 Å². The lowest BCUT2D eigenvalue weighted by molar-refractivity contribution is -0.384. The van der Waals surface area contributed by atoms with Gasteiger partial charge in [-0.2, -0.15) is 23.0 Å². The molecule has 0 radical (unpaired) electrons. The minimum Gasteiger partial charge on any atom is -0.455 e. The molecule has 1 heterocycles. The van der Waals surface area contributed by atoms with Crippen molar-refractivity contribution >= 4 is 23.7 Å². The summed E-state index contributed by atoms with van der Waals surface area (Å²) in [5, 5.41) is 14.7. The zero-order valence-corrected chi connectivity index (χ0v) is 24.6. The Bertz CT molecular complexity index is 1520. The Balaban J connectivity index is 1.51. The van der Waals surface area contributed by atoms with Crippen molar-refractivity contribution in [3.8, 4) is 5.75 Å². The first-order valence-electron chi connectivity index (χ1n) is 13.8. The highest BCUT2D eigenvalue weighted by Gasteiger charge is 2.35. The Morgan fingerprint density at radius 3 is 2.33 bits per heavy atom. The number of hydrogen-bond acceptors (Lipinski definition) is 10. The van der Waals surface area contributed by atoms with Gasteiger partial charge in [0, 0.05) is 38.0 Å². The first-order chi connectivity index (χ1) is 21.1. The number of nitro groups is 1. The van der Waals surface area contributed by atoms with Gasteiger partial charge in [0.05, 0.1) is 16.1 Å². The number of benzene rings is 2. The van der Waals surface area contributed by atoms with E-state index in [2.05, 4.69) is 5.10 Å². The maximum absolute atomic E-state index is 13.5. The molecule has 3 rings (SSSR count). The van der Waals surface area contributed by atoms with Crippen LogP contribution in [0.1, 0.15) is 65.1 Å². The van der Waals surface area contributed by atoms with Crippen molar-refractivity contribution in [2.24, 2.45) is 11.5 Å². The number of aromatic nitrogens is 2. The molecule has 0 unspecified atom stereocenters. The lowest BCUT2D eigenvalue weighted by Gasteiger charge is -2.26. The van der Waals surface area contributed by atoms with Crippen LogP contribution in [-0.2, 0) is 17.5 Å². The van der Waals surface area contributed by atoms with Crippen LogP contribution < -0.4 is 16.2 Å². The summed E-state index contributed by atoms with van der Waals surface area (Å²) in [6.45, 7) is 4.80. The SMILES string of the molecule is CC(C)(CCCCN(CCN)Cc1ccc(C(N)=O)c(C(F)(F)F)c1)OC(=O)c1ccn(C(=O)Oc2ccc([N+](=O)[O-])cc2)n1. The van der Waals surface area contributed by atoms with Gasteiger partial charge in [-0.1, -0.05) is 6.07 Å². The van der Waals surface area contributed by atoms with Crippen molar-refractivity contribution in [3.63, 3.8) is 0 Å². The van der Waals surface area contributed by atoms with Crippen LogP contribution >= 0.6 is 0 Å². The number of rotatable bonds is 14. The number of amides is 1. The molecule has 1 aromatic heterocycles. The van der Waals surface area contributed by atoms with Crippen LogP contribution in [0.5, 0.6) is 5.75 Å². The first kappa shape index (κ1) is 34.7. The molecule has 0 saturated carbocycles. The number of primary amides is 1. The molecule has 4 N–H and O–H groups in total. The van der Waals surface area contributed by atoms with Crippen LogP contribution in [0.4, 0.5) is 23.7 Å². The molecule has 16 heteroatoms. The van der Waals surface area contributed by atoms with E-state index in [9.17, 15) is 37.7 Å². The number of non-ortho nitro benzene ring substituents is 1. The average Bonchev–Trinajstić information content (AvgIpc) is 3.46. The number of halogens is 3. The molecule has 0 aliphatic rings. The number of hydrogen-bond donors (Lipinski definition) is 2. The predicted octanol–water partition coefficient (Wildman–Crippen LogP) is 4.52. The molecule has 45 heavy (non-hydrogen) atoms. The third kappa shape index (κ3) is 10.1. The van der Waals surface area contributed by atoms with Gasteiger partial charge in [-0.05, 0) is 75.5 Å². The lowest BCUT2D eigenvalue weighted by atomic mass is 10.0. The van der Waals surface area contributed by atoms with Crippen molar-refractivity contribution in [3.05, 3.63) is 87.2 Å². The highest BCUT2D eigenvalue weighted by molar-refractivity contribution is 5.94. The Labute approximate surface area is 256 Å². The number of nitrogens with two attached hydrogens (primary N) is 2. The second-order valence-corrected chi connectivity index (χ2v) is 10.7. The molecule has 0 aliphatic heterocycles. The molecule has 13 nitrogen and oxygen atoms in total. The van der Waals surface area contributed by atoms with Gasteiger partial charge in [0.1, 0.15) is 11.4 Å². The number of ether oxygens (including phenoxy) is 2. The number of nitrogens with zero attached hydrogens (tertiary/aromatic N) is 4. The molecular formula is C29H33F3N6O7. The highest BCUT2D eigenvalue weighted by atomic mass is 19.4. The molecule has 0 atom stereocenters. The van der Waals surface area contributed by atoms with Gasteiger partial charge in [0.15, 0.2) is 5.69 Å². The third-order valence-corrected chi connectivity index (χ3v) is 6.62. The summed E-state index contributed by atoms with van der Waals surface area (Å²) >= 11 is 0. The fourth-order valence-corrected chi connectivity index (χ4v) is 4.41. The maximum atomic E-state index is 13.5. The van der Waals surface area contributed by atoms with E-state index in [1.807, 2.05) is 4.90 Å². The minimum absolute atomic E-state index is 0.0448. The van der Waals surface area contributed by atoms with E-state index in [-0.39, 0.29) is 30.2 Å². The molecule has 0 aliphatic carbocycles. The Morgan fingerprint density at radius 1 is 1.04 bits per heavy atom. The van der Waals surface area contributed by atoms with Crippen LogP contribution in [0.2, 0.25) is 0 Å². The molecule has 3 aromatic rings. The van der Waals surface area contributed by atoms with Crippen LogP contribution in [-0.4, -0.2) is 62.8 Å². The standard InChI is InChI=1S/C29H33F3N6O7/c1-28(2,45-26(40)24-11-15-37(35-24)27(41)44-21-8-6-20(7-9-21)38(42)43)12-3-4-14-36(16-13-33)18-19-5-10-22(25(34)39)23(17-19)29(30,31)32/h5-11,15,17H,3-4,12-14,16,18,33H2,1-2H3,(H2,34,39). The van der Waals surface area contributed by atoms with E-state index >= 15 is 0 Å². The van der Waals surface area contributed by atoms with Gasteiger partial charge in [0.25, 0.3) is 5.69 Å². The van der Waals surface area contributed by atoms with Gasteiger partial charge in [0.2, 0.25) is 5.91 Å². The van der Waals surface area contributed by atoms with Crippen molar-refractivity contribution < 1.29 is 42.0 Å². The Morgan fingerprint density at radius 2 is 1.73 bits per heavy atom. The number of alkyl halides is 3. The predicted molar refractivity (Wildman–Crippen MR) is 154 cm³/mol. The number of carbonyl (C=O) groups is 3. The molecule has 0 saturated heterocycles. The lowest BCUT2D eigenvalue weighted by Crippen LogP contribution is -2.31. The molecule has 1 amide bonds. The Kier molecular flexibility index (Phi) is 11.4. The molecule has 0 spiro atoms. The molecule has 2 aromatic carbocycles. The topological polar surface area (TPSA) is 186 Å². The van der Waals surface area contributed by atoms with E-state index in [1.54, 1.807) is 13.8 Å². The van der Waals surface area contributed by atoms with Gasteiger partial charge < -0.3 is 20.9 Å². The van der Waals surface area contributed by atoms with Crippen LogP contribution in [0.25, 0.3) is 0 Å². The maximum Gasteiger partial charge on any atom is 0.440 e. The number of esters is 1. The number of nitro benzene ring substituents is 1. The first-order valence-corrected chi connectivity index (χ1v) is 13.8. The number of unbranched alkanes of at least 4 members (excludes halogenated alkanes) is 1. The van der Waals surface area contributed by atoms with Crippen molar-refractivity contribution in [2.45, 2.75) is 51.4 Å². The average molecular weight is 635 g/mol. The molecule has 0 fully saturated rings. The van der Waals surface area contributed by atoms with E-state index in [1.165, 1.54) is 42.6 Å². The monoisotopic (exact) mass is 634 g/mol. The second kappa shape index (κ2) is 14.8. The van der Waals surface area contributed by atoms with Crippen molar-refractivity contribution in [1.82, 2.24) is 14.7 Å². The van der Waals surface area contributed by atoms with Crippen LogP contribution in [0.3, 0.4) is 0 Å². The molecule has 0 bridgehead atoms. The zero-order valence-electron chi connectivity index (χ0n) is 24.6. The van der Waals surface area contributed by atoms with E-state index in [0.29, 0.717) is 37.9 Å². The number of carbonyl (C=O) groups excluding carboxylic acids is 3. The van der Waals surface area contributed by atoms with Crippen LogP contribution in [0, 0.1) is 10.1 Å². The largest absolute Gasteiger partial charge is 0.455 e. The van der Waals surface area contributed by atoms with Crippen molar-refractivity contribution in [1.29, 1.82) is 0 Å². The van der Waals surface area contributed by atoms with Gasteiger partial charge >= 0.3 is 18.2 Å². The normalized spacial score (nSPS) is 11.8. The second-order valence-electron chi connectivity index (χ2n) is 10.7. The Hall–Kier alpha value is -4.83. The van der Waals surface area contributed by atoms with Crippen molar-refractivity contribution in [2.75, 3.05) is 19.6 Å². The zero-order chi connectivity index (χ0) is 33.4. The third-order valence-electron chi connectivity index (χ3n) is 6.62. The van der Waals surface area contributed by atoms with Gasteiger partial charge in [-0.3, -0.25) is 19.8 Å². The summed E-state index contributed by atoms with van der Waals surface area (Å²) in [4.78, 5) is 48.6. The fourth-order valence-electron chi connectivity index (χ4n) is 4.41. The van der Waals surface area contributed by atoms with Gasteiger partial charge in [-0.25, -0.2) is 9.59 Å². The summed E-state index contributed by atoms with van der Waals surface area (Å²) in [5.41, 5.74) is 8.25. The van der Waals surface area contributed by atoms with E-state index in [4.69, 9.17) is 20.9 Å². The summed E-state index contributed by atoms with van der Waals surface area (Å²) in [6, 6.07) is 9.54. The quantitative estimate of drug-likeness (QED) is 0.110. The summed E-state index contributed by atoms with van der Waals surface area (Å²) in [5.74, 6) is -1.89. The van der Waals surface area contributed by atoms with E-state index in [0.717, 1.165) is 16.8 Å². The molecule has 242 valence electrons. The van der Waals surface area contributed by atoms with Crippen LogP contribution in [0.15, 0.2) is 54.7 Å².